The number of hydrogen-bond donors (Lipinski definition) is 0. The highest BCUT2D eigenvalue weighted by molar-refractivity contribution is 8.25. The van der Waals surface area contributed by atoms with Gasteiger partial charge in [0, 0.05) is 12.4 Å². The second kappa shape index (κ2) is 10.3. The molecule has 0 radical (unpaired) electrons. The minimum Gasteiger partial charge on any atom is -0.271 e. The summed E-state index contributed by atoms with van der Waals surface area (Å²) < 4.78 is 19.0. The molecule has 1 heterocycles. The Hall–Kier alpha value is 1.35. The number of pyridine rings is 1. The van der Waals surface area contributed by atoms with E-state index in [1.54, 1.807) is 12.4 Å². The van der Waals surface area contributed by atoms with Gasteiger partial charge in [0.05, 0.1) is 0 Å². The summed E-state index contributed by atoms with van der Waals surface area (Å²) in [6.07, 6.45) is 3.50. The third kappa shape index (κ3) is 58.5. The lowest BCUT2D eigenvalue weighted by atomic mass is 10.5. The number of hydrogen-bond acceptors (Lipinski definition) is 3. The van der Waals surface area contributed by atoms with E-state index in [0.29, 0.717) is 0 Å². The first-order chi connectivity index (χ1) is 7.00. The SMILES string of the molecule is O=P(Cl)(Cl)Cl.O=P(Cl)(Cl)Cl.c1ccncc1. The Balaban J connectivity index is 0. The van der Waals surface area contributed by atoms with Crippen molar-refractivity contribution in [3.05, 3.63) is 30.6 Å². The Morgan fingerprint density at radius 3 is 1.00 bits per heavy atom. The van der Waals surface area contributed by atoms with Crippen LogP contribution >= 0.6 is 77.8 Å². The summed E-state index contributed by atoms with van der Waals surface area (Å²) in [5, 5.41) is -6.44. The van der Waals surface area contributed by atoms with Crippen LogP contribution in [0.25, 0.3) is 0 Å². The Morgan fingerprint density at radius 2 is 0.938 bits per heavy atom. The molecule has 3 nitrogen and oxygen atoms in total. The number of nitrogens with zero attached hydrogens (tertiary/aromatic N) is 1. The first kappa shape index (κ1) is 19.7. The van der Waals surface area contributed by atoms with Gasteiger partial charge in [0.2, 0.25) is 0 Å². The molecular weight excluding hydrogens is 381 g/mol. The Morgan fingerprint density at radius 1 is 0.688 bits per heavy atom. The zero-order valence-corrected chi connectivity index (χ0v) is 13.6. The average Bonchev–Trinajstić information content (AvgIpc) is 2.01. The normalized spacial score (nSPS) is 10.4. The monoisotopic (exact) mass is 383 g/mol. The van der Waals surface area contributed by atoms with Crippen molar-refractivity contribution in [2.24, 2.45) is 0 Å². The minimum atomic E-state index is -3.22. The van der Waals surface area contributed by atoms with Crippen LogP contribution in [0.3, 0.4) is 0 Å². The van der Waals surface area contributed by atoms with E-state index in [1.807, 2.05) is 18.2 Å². The van der Waals surface area contributed by atoms with Crippen molar-refractivity contribution in [3.8, 4) is 0 Å². The summed E-state index contributed by atoms with van der Waals surface area (Å²) in [4.78, 5) is 3.78. The predicted octanol–water partition coefficient (Wildman–Crippen LogP) is 6.70. The highest BCUT2D eigenvalue weighted by atomic mass is 36.1. The molecule has 0 aliphatic carbocycles. The molecule has 0 fully saturated rings. The Labute approximate surface area is 122 Å². The summed E-state index contributed by atoms with van der Waals surface area (Å²) in [5.41, 5.74) is 0. The zero-order valence-electron chi connectivity index (χ0n) is 7.31. The summed E-state index contributed by atoms with van der Waals surface area (Å²) in [5.74, 6) is 0. The van der Waals surface area contributed by atoms with Crippen LogP contribution in [0.2, 0.25) is 0 Å². The molecule has 0 saturated carbocycles. The fraction of sp³-hybridized carbons (Fsp3) is 0. The molecule has 0 unspecified atom stereocenters. The predicted molar refractivity (Wildman–Crippen MR) is 74.6 cm³/mol. The van der Waals surface area contributed by atoms with Crippen LogP contribution in [0, 0.1) is 0 Å². The van der Waals surface area contributed by atoms with Gasteiger partial charge in [-0.2, -0.15) is 0 Å². The first-order valence-corrected chi connectivity index (χ1v) is 12.1. The molecule has 1 rings (SSSR count). The highest BCUT2D eigenvalue weighted by Crippen LogP contribution is 2.61. The van der Waals surface area contributed by atoms with Crippen molar-refractivity contribution in [1.82, 2.24) is 4.98 Å². The van der Waals surface area contributed by atoms with Gasteiger partial charge >= 0.3 is 10.4 Å². The maximum Gasteiger partial charge on any atom is 0.339 e. The van der Waals surface area contributed by atoms with E-state index in [4.69, 9.17) is 0 Å². The van der Waals surface area contributed by atoms with Crippen LogP contribution in [0.15, 0.2) is 30.6 Å². The van der Waals surface area contributed by atoms with Gasteiger partial charge < -0.3 is 0 Å². The second-order valence-electron chi connectivity index (χ2n) is 1.82. The lowest BCUT2D eigenvalue weighted by Gasteiger charge is -1.74. The molecule has 0 spiro atoms. The molecule has 0 aliphatic rings. The molecular formula is C5H5Cl6NO2P2. The summed E-state index contributed by atoms with van der Waals surface area (Å²) in [7, 11) is 0. The molecule has 0 atom stereocenters. The topological polar surface area (TPSA) is 47.0 Å². The van der Waals surface area contributed by atoms with Crippen LogP contribution in [0.5, 0.6) is 0 Å². The zero-order chi connectivity index (χ0) is 13.2. The van der Waals surface area contributed by atoms with E-state index < -0.39 is 10.4 Å². The van der Waals surface area contributed by atoms with Gasteiger partial charge in [0.25, 0.3) is 0 Å². The van der Waals surface area contributed by atoms with Crippen molar-refractivity contribution >= 4 is 77.8 Å². The van der Waals surface area contributed by atoms with E-state index in [9.17, 15) is 9.13 Å². The van der Waals surface area contributed by atoms with Gasteiger partial charge in [0.15, 0.2) is 0 Å². The Kier molecular flexibility index (Phi) is 12.7. The lowest BCUT2D eigenvalue weighted by Crippen LogP contribution is -1.58. The van der Waals surface area contributed by atoms with E-state index in [-0.39, 0.29) is 0 Å². The average molecular weight is 386 g/mol. The van der Waals surface area contributed by atoms with Crippen LogP contribution in [0.1, 0.15) is 0 Å². The van der Waals surface area contributed by atoms with E-state index in [0.717, 1.165) is 0 Å². The van der Waals surface area contributed by atoms with E-state index in [1.165, 1.54) is 0 Å². The molecule has 94 valence electrons. The minimum absolute atomic E-state index is 1.75. The van der Waals surface area contributed by atoms with Crippen molar-refractivity contribution in [3.63, 3.8) is 0 Å². The van der Waals surface area contributed by atoms with Gasteiger partial charge in [-0.25, -0.2) is 0 Å². The molecule has 0 bridgehead atoms. The quantitative estimate of drug-likeness (QED) is 0.466. The summed E-state index contributed by atoms with van der Waals surface area (Å²) >= 11 is 27.7. The molecule has 1 aromatic heterocycles. The van der Waals surface area contributed by atoms with Crippen molar-refractivity contribution in [2.75, 3.05) is 0 Å². The van der Waals surface area contributed by atoms with Crippen molar-refractivity contribution in [1.29, 1.82) is 0 Å². The first-order valence-electron chi connectivity index (χ1n) is 3.23. The van der Waals surface area contributed by atoms with Crippen LogP contribution in [-0.2, 0) is 9.13 Å². The van der Waals surface area contributed by atoms with E-state index >= 15 is 0 Å². The maximum absolute atomic E-state index is 9.51. The van der Waals surface area contributed by atoms with Crippen molar-refractivity contribution in [2.45, 2.75) is 0 Å². The Bertz CT molecular complexity index is 288. The third-order valence-electron chi connectivity index (χ3n) is 0.566. The maximum atomic E-state index is 9.51. The second-order valence-corrected chi connectivity index (χ2v) is 15.1. The summed E-state index contributed by atoms with van der Waals surface area (Å²) in [6, 6.07) is 5.72. The molecule has 0 aromatic carbocycles. The van der Waals surface area contributed by atoms with Crippen LogP contribution in [-0.4, -0.2) is 4.98 Å². The smallest absolute Gasteiger partial charge is 0.271 e. The number of rotatable bonds is 0. The molecule has 1 aromatic rings. The fourth-order valence-corrected chi connectivity index (χ4v) is 0.313. The molecule has 0 N–H and O–H groups in total. The number of halogens is 6. The standard InChI is InChI=1S/C5H5N.2Cl3OP/c1-2-4-6-5-3-1;2*1-5(2,3)4/h1-5H;;. The fourth-order valence-electron chi connectivity index (χ4n) is 0.313. The van der Waals surface area contributed by atoms with Gasteiger partial charge in [-0.3, -0.25) is 14.1 Å². The van der Waals surface area contributed by atoms with Crippen LogP contribution < -0.4 is 0 Å². The molecule has 0 saturated heterocycles. The lowest BCUT2D eigenvalue weighted by molar-refractivity contribution is 0.599. The van der Waals surface area contributed by atoms with Gasteiger partial charge in [-0.15, -0.1) is 0 Å². The summed E-state index contributed by atoms with van der Waals surface area (Å²) in [6.45, 7) is 0. The molecule has 0 amide bonds. The van der Waals surface area contributed by atoms with Crippen molar-refractivity contribution < 1.29 is 9.13 Å². The highest BCUT2D eigenvalue weighted by Gasteiger charge is 2.03. The number of aromatic nitrogens is 1. The van der Waals surface area contributed by atoms with Gasteiger partial charge in [-0.05, 0) is 79.6 Å². The van der Waals surface area contributed by atoms with Gasteiger partial charge in [0.1, 0.15) is 0 Å². The van der Waals surface area contributed by atoms with E-state index in [2.05, 4.69) is 72.4 Å². The molecule has 0 aliphatic heterocycles. The molecule has 11 heteroatoms. The van der Waals surface area contributed by atoms with Crippen LogP contribution in [0.4, 0.5) is 0 Å². The molecule has 16 heavy (non-hydrogen) atoms. The van der Waals surface area contributed by atoms with Gasteiger partial charge in [-0.1, -0.05) is 6.07 Å². The largest absolute Gasteiger partial charge is 0.339 e. The third-order valence-corrected chi connectivity index (χ3v) is 0.566.